The third-order valence-electron chi connectivity index (χ3n) is 2.99. The second-order valence-corrected chi connectivity index (χ2v) is 5.13. The van der Waals surface area contributed by atoms with Crippen molar-refractivity contribution in [3.63, 3.8) is 0 Å². The van der Waals surface area contributed by atoms with E-state index in [1.165, 1.54) is 6.07 Å². The van der Waals surface area contributed by atoms with E-state index in [1.54, 1.807) is 12.1 Å². The van der Waals surface area contributed by atoms with Gasteiger partial charge in [-0.3, -0.25) is 4.79 Å². The van der Waals surface area contributed by atoms with Crippen LogP contribution in [0.1, 0.15) is 23.7 Å². The number of amides is 1. The van der Waals surface area contributed by atoms with Crippen molar-refractivity contribution in [3.05, 3.63) is 34.1 Å². The Balaban J connectivity index is 2.02. The third-order valence-corrected chi connectivity index (χ3v) is 3.65. The molecule has 0 aliphatic heterocycles. The monoisotopic (exact) mass is 285 g/mol. The van der Waals surface area contributed by atoms with Gasteiger partial charge in [0.1, 0.15) is 5.82 Å². The third kappa shape index (κ3) is 2.43. The summed E-state index contributed by atoms with van der Waals surface area (Å²) in [5, 5.41) is 2.76. The lowest BCUT2D eigenvalue weighted by Gasteiger charge is -2.07. The van der Waals surface area contributed by atoms with E-state index in [-0.39, 0.29) is 11.5 Å². The first-order valence-electron chi connectivity index (χ1n) is 5.32. The predicted molar refractivity (Wildman–Crippen MR) is 63.7 cm³/mol. The molecule has 2 rings (SSSR count). The summed E-state index contributed by atoms with van der Waals surface area (Å²) in [5.41, 5.74) is 0.0933. The number of nitrogens with one attached hydrogen (secondary N) is 1. The Morgan fingerprint density at radius 3 is 2.88 bits per heavy atom. The Bertz CT molecular complexity index is 401. The fraction of sp³-hybridized carbons (Fsp3) is 0.417. The SMILES string of the molecule is CC1CC1CNC(=O)c1c(F)cccc1Br. The van der Waals surface area contributed by atoms with Crippen molar-refractivity contribution in [1.29, 1.82) is 0 Å². The number of carbonyl (C=O) groups is 1. The zero-order valence-corrected chi connectivity index (χ0v) is 10.6. The van der Waals surface area contributed by atoms with Crippen LogP contribution in [0.5, 0.6) is 0 Å². The van der Waals surface area contributed by atoms with Crippen LogP contribution in [-0.4, -0.2) is 12.5 Å². The lowest BCUT2D eigenvalue weighted by atomic mass is 10.2. The maximum atomic E-state index is 13.4. The summed E-state index contributed by atoms with van der Waals surface area (Å²) in [6.45, 7) is 2.79. The minimum absolute atomic E-state index is 0.0933. The molecular weight excluding hydrogens is 273 g/mol. The topological polar surface area (TPSA) is 29.1 Å². The smallest absolute Gasteiger partial charge is 0.255 e. The molecule has 0 bridgehead atoms. The maximum absolute atomic E-state index is 13.4. The largest absolute Gasteiger partial charge is 0.352 e. The maximum Gasteiger partial charge on any atom is 0.255 e. The van der Waals surface area contributed by atoms with Gasteiger partial charge < -0.3 is 5.32 Å². The van der Waals surface area contributed by atoms with Crippen LogP contribution >= 0.6 is 15.9 Å². The molecule has 1 aromatic carbocycles. The van der Waals surface area contributed by atoms with E-state index in [0.717, 1.165) is 6.42 Å². The number of carbonyl (C=O) groups excluding carboxylic acids is 1. The molecule has 0 radical (unpaired) electrons. The number of hydrogen-bond acceptors (Lipinski definition) is 1. The van der Waals surface area contributed by atoms with Gasteiger partial charge in [0.15, 0.2) is 0 Å². The molecule has 1 aromatic rings. The highest BCUT2D eigenvalue weighted by atomic mass is 79.9. The lowest BCUT2D eigenvalue weighted by Crippen LogP contribution is -2.27. The predicted octanol–water partition coefficient (Wildman–Crippen LogP) is 2.97. The van der Waals surface area contributed by atoms with Gasteiger partial charge in [-0.1, -0.05) is 13.0 Å². The van der Waals surface area contributed by atoms with Crippen molar-refractivity contribution in [2.75, 3.05) is 6.54 Å². The van der Waals surface area contributed by atoms with E-state index in [0.29, 0.717) is 22.9 Å². The highest BCUT2D eigenvalue weighted by molar-refractivity contribution is 9.10. The van der Waals surface area contributed by atoms with Crippen molar-refractivity contribution in [2.45, 2.75) is 13.3 Å². The molecule has 16 heavy (non-hydrogen) atoms. The van der Waals surface area contributed by atoms with Crippen molar-refractivity contribution >= 4 is 21.8 Å². The van der Waals surface area contributed by atoms with Gasteiger partial charge in [0, 0.05) is 11.0 Å². The van der Waals surface area contributed by atoms with E-state index in [9.17, 15) is 9.18 Å². The van der Waals surface area contributed by atoms with Crippen molar-refractivity contribution in [2.24, 2.45) is 11.8 Å². The first-order chi connectivity index (χ1) is 7.59. The Hall–Kier alpha value is -0.900. The fourth-order valence-electron chi connectivity index (χ4n) is 1.71. The van der Waals surface area contributed by atoms with Crippen LogP contribution in [-0.2, 0) is 0 Å². The van der Waals surface area contributed by atoms with Crippen LogP contribution in [0.15, 0.2) is 22.7 Å². The Morgan fingerprint density at radius 2 is 2.31 bits per heavy atom. The standard InChI is InChI=1S/C12H13BrFNO/c1-7-5-8(7)6-15-12(16)11-9(13)3-2-4-10(11)14/h2-4,7-8H,5-6H2,1H3,(H,15,16). The van der Waals surface area contributed by atoms with Gasteiger partial charge in [-0.2, -0.15) is 0 Å². The molecule has 0 aromatic heterocycles. The number of halogens is 2. The van der Waals surface area contributed by atoms with Crippen LogP contribution in [0.25, 0.3) is 0 Å². The molecule has 1 saturated carbocycles. The van der Waals surface area contributed by atoms with Crippen molar-refractivity contribution in [3.8, 4) is 0 Å². The van der Waals surface area contributed by atoms with Crippen molar-refractivity contribution in [1.82, 2.24) is 5.32 Å². The van der Waals surface area contributed by atoms with Gasteiger partial charge in [-0.15, -0.1) is 0 Å². The van der Waals surface area contributed by atoms with Gasteiger partial charge in [0.25, 0.3) is 5.91 Å². The van der Waals surface area contributed by atoms with E-state index < -0.39 is 5.82 Å². The average molecular weight is 286 g/mol. The first-order valence-corrected chi connectivity index (χ1v) is 6.11. The van der Waals surface area contributed by atoms with Crippen LogP contribution in [0.4, 0.5) is 4.39 Å². The molecular formula is C12H13BrFNO. The Labute approximate surface area is 102 Å². The number of rotatable bonds is 3. The zero-order chi connectivity index (χ0) is 11.7. The quantitative estimate of drug-likeness (QED) is 0.909. The highest BCUT2D eigenvalue weighted by Gasteiger charge is 2.32. The van der Waals surface area contributed by atoms with Crippen LogP contribution < -0.4 is 5.32 Å². The number of benzene rings is 1. The van der Waals surface area contributed by atoms with Crippen molar-refractivity contribution < 1.29 is 9.18 Å². The van der Waals surface area contributed by atoms with Gasteiger partial charge in [0.2, 0.25) is 0 Å². The summed E-state index contributed by atoms with van der Waals surface area (Å²) in [6.07, 6.45) is 1.15. The highest BCUT2D eigenvalue weighted by Crippen LogP contribution is 2.36. The molecule has 0 saturated heterocycles. The van der Waals surface area contributed by atoms with Crippen LogP contribution in [0.2, 0.25) is 0 Å². The normalized spacial score (nSPS) is 22.9. The molecule has 0 spiro atoms. The van der Waals surface area contributed by atoms with Gasteiger partial charge in [-0.25, -0.2) is 4.39 Å². The fourth-order valence-corrected chi connectivity index (χ4v) is 2.23. The lowest BCUT2D eigenvalue weighted by molar-refractivity contribution is 0.0946. The number of hydrogen-bond donors (Lipinski definition) is 1. The van der Waals surface area contributed by atoms with E-state index >= 15 is 0 Å². The molecule has 2 unspecified atom stereocenters. The molecule has 0 heterocycles. The Kier molecular flexibility index (Phi) is 3.28. The molecule has 1 fully saturated rings. The van der Waals surface area contributed by atoms with E-state index in [1.807, 2.05) is 0 Å². The average Bonchev–Trinajstić information content (AvgIpc) is 2.91. The molecule has 86 valence electrons. The van der Waals surface area contributed by atoms with E-state index in [4.69, 9.17) is 0 Å². The minimum Gasteiger partial charge on any atom is -0.352 e. The van der Waals surface area contributed by atoms with Crippen LogP contribution in [0, 0.1) is 17.7 Å². The van der Waals surface area contributed by atoms with E-state index in [2.05, 4.69) is 28.2 Å². The Morgan fingerprint density at radius 1 is 1.62 bits per heavy atom. The van der Waals surface area contributed by atoms with Crippen LogP contribution in [0.3, 0.4) is 0 Å². The minimum atomic E-state index is -0.490. The summed E-state index contributed by atoms with van der Waals surface area (Å²) >= 11 is 3.18. The molecule has 2 atom stereocenters. The summed E-state index contributed by atoms with van der Waals surface area (Å²) in [7, 11) is 0. The summed E-state index contributed by atoms with van der Waals surface area (Å²) in [4.78, 5) is 11.7. The van der Waals surface area contributed by atoms with Gasteiger partial charge in [0.05, 0.1) is 5.56 Å². The molecule has 1 N–H and O–H groups in total. The molecule has 1 aliphatic rings. The van der Waals surface area contributed by atoms with Gasteiger partial charge >= 0.3 is 0 Å². The molecule has 4 heteroatoms. The molecule has 2 nitrogen and oxygen atoms in total. The summed E-state index contributed by atoms with van der Waals surface area (Å²) in [5.74, 6) is 0.415. The summed E-state index contributed by atoms with van der Waals surface area (Å²) in [6, 6.07) is 4.52. The zero-order valence-electron chi connectivity index (χ0n) is 8.97. The molecule has 1 aliphatic carbocycles. The first kappa shape index (κ1) is 11.6. The summed E-state index contributed by atoms with van der Waals surface area (Å²) < 4.78 is 13.9. The molecule has 1 amide bonds. The second-order valence-electron chi connectivity index (χ2n) is 4.28. The second kappa shape index (κ2) is 4.53. The van der Waals surface area contributed by atoms with Gasteiger partial charge in [-0.05, 0) is 46.3 Å².